The van der Waals surface area contributed by atoms with Crippen LogP contribution in [0.5, 0.6) is 0 Å². The molecular weight excluding hydrogens is 244 g/mol. The number of carbonyl (C=O) groups is 1. The van der Waals surface area contributed by atoms with Crippen LogP contribution >= 0.6 is 0 Å². The van der Waals surface area contributed by atoms with Crippen LogP contribution in [0.4, 0.5) is 4.79 Å². The van der Waals surface area contributed by atoms with Crippen LogP contribution in [0.1, 0.15) is 27.2 Å². The molecule has 1 rings (SSSR count). The monoisotopic (exact) mass is 270 g/mol. The summed E-state index contributed by atoms with van der Waals surface area (Å²) in [7, 11) is 5.41. The standard InChI is InChI=1S/C13H26N4O2/c1-13(2,3)19-12(18)16(6)10-7-8-17(9-10)11(14-4)15-5/h10H,7-9H2,1-6H3,(H,14,15)/t10-/m0/s1. The van der Waals surface area contributed by atoms with E-state index in [0.29, 0.717) is 0 Å². The van der Waals surface area contributed by atoms with Gasteiger partial charge in [-0.25, -0.2) is 4.79 Å². The molecule has 1 amide bonds. The van der Waals surface area contributed by atoms with Gasteiger partial charge in [0.15, 0.2) is 5.96 Å². The summed E-state index contributed by atoms with van der Waals surface area (Å²) in [6.45, 7) is 7.31. The number of likely N-dealkylation sites (N-methyl/N-ethyl adjacent to an activating group) is 1. The molecule has 1 saturated heterocycles. The van der Waals surface area contributed by atoms with Crippen molar-refractivity contribution in [3.05, 3.63) is 0 Å². The van der Waals surface area contributed by atoms with Crippen LogP contribution in [-0.4, -0.2) is 67.7 Å². The second-order valence-corrected chi connectivity index (χ2v) is 5.78. The third kappa shape index (κ3) is 4.29. The second-order valence-electron chi connectivity index (χ2n) is 5.78. The predicted octanol–water partition coefficient (Wildman–Crippen LogP) is 1.13. The molecule has 0 aromatic carbocycles. The highest BCUT2D eigenvalue weighted by molar-refractivity contribution is 5.80. The Hall–Kier alpha value is -1.46. The molecule has 0 aromatic heterocycles. The second kappa shape index (κ2) is 6.12. The summed E-state index contributed by atoms with van der Waals surface area (Å²) >= 11 is 0. The Bertz CT molecular complexity index is 349. The number of nitrogens with zero attached hydrogens (tertiary/aromatic N) is 3. The van der Waals surface area contributed by atoms with Crippen molar-refractivity contribution in [1.29, 1.82) is 0 Å². The molecule has 19 heavy (non-hydrogen) atoms. The summed E-state index contributed by atoms with van der Waals surface area (Å²) in [6.07, 6.45) is 0.662. The van der Waals surface area contributed by atoms with Gasteiger partial charge in [0.05, 0.1) is 6.04 Å². The number of carbonyl (C=O) groups excluding carboxylic acids is 1. The Labute approximate surface area is 115 Å². The first-order chi connectivity index (χ1) is 8.78. The van der Waals surface area contributed by atoms with Crippen molar-refractivity contribution in [2.75, 3.05) is 34.2 Å². The van der Waals surface area contributed by atoms with Gasteiger partial charge in [-0.2, -0.15) is 0 Å². The number of hydrogen-bond acceptors (Lipinski definition) is 3. The fourth-order valence-corrected chi connectivity index (χ4v) is 2.14. The highest BCUT2D eigenvalue weighted by Gasteiger charge is 2.31. The zero-order chi connectivity index (χ0) is 14.6. The Morgan fingerprint density at radius 3 is 2.58 bits per heavy atom. The van der Waals surface area contributed by atoms with E-state index in [1.165, 1.54) is 0 Å². The summed E-state index contributed by atoms with van der Waals surface area (Å²) in [4.78, 5) is 20.0. The smallest absolute Gasteiger partial charge is 0.410 e. The number of amides is 1. The molecule has 6 heteroatoms. The van der Waals surface area contributed by atoms with E-state index in [9.17, 15) is 4.79 Å². The molecule has 0 bridgehead atoms. The molecule has 0 saturated carbocycles. The van der Waals surface area contributed by atoms with Crippen LogP contribution in [0.15, 0.2) is 4.99 Å². The molecule has 1 N–H and O–H groups in total. The highest BCUT2D eigenvalue weighted by Crippen LogP contribution is 2.17. The Morgan fingerprint density at radius 2 is 2.11 bits per heavy atom. The van der Waals surface area contributed by atoms with Gasteiger partial charge in [0.2, 0.25) is 0 Å². The topological polar surface area (TPSA) is 57.2 Å². The van der Waals surface area contributed by atoms with E-state index >= 15 is 0 Å². The van der Waals surface area contributed by atoms with Crippen molar-refractivity contribution in [3.8, 4) is 0 Å². The molecule has 0 spiro atoms. The number of likely N-dealkylation sites (tertiary alicyclic amines) is 1. The van der Waals surface area contributed by atoms with Gasteiger partial charge >= 0.3 is 6.09 Å². The van der Waals surface area contributed by atoms with E-state index in [1.54, 1.807) is 19.0 Å². The number of guanidine groups is 1. The predicted molar refractivity (Wildman–Crippen MR) is 76.4 cm³/mol. The van der Waals surface area contributed by atoms with E-state index in [1.807, 2.05) is 27.8 Å². The fourth-order valence-electron chi connectivity index (χ4n) is 2.14. The zero-order valence-corrected chi connectivity index (χ0v) is 12.9. The van der Waals surface area contributed by atoms with Crippen LogP contribution in [0.3, 0.4) is 0 Å². The average Bonchev–Trinajstić information content (AvgIpc) is 2.77. The summed E-state index contributed by atoms with van der Waals surface area (Å²) in [5, 5.41) is 3.06. The summed E-state index contributed by atoms with van der Waals surface area (Å²) in [5.41, 5.74) is -0.454. The molecule has 1 heterocycles. The SMILES string of the molecule is CN=C(NC)N1CC[C@H](N(C)C(=O)OC(C)(C)C)C1. The molecule has 110 valence electrons. The van der Waals surface area contributed by atoms with Crippen LogP contribution in [0.2, 0.25) is 0 Å². The summed E-state index contributed by atoms with van der Waals surface area (Å²) in [5.74, 6) is 0.861. The van der Waals surface area contributed by atoms with E-state index in [0.717, 1.165) is 25.5 Å². The van der Waals surface area contributed by atoms with Gasteiger partial charge in [-0.15, -0.1) is 0 Å². The summed E-state index contributed by atoms with van der Waals surface area (Å²) in [6, 6.07) is 0.167. The van der Waals surface area contributed by atoms with E-state index in [2.05, 4.69) is 15.2 Å². The van der Waals surface area contributed by atoms with Crippen molar-refractivity contribution in [1.82, 2.24) is 15.1 Å². The fraction of sp³-hybridized carbons (Fsp3) is 0.846. The van der Waals surface area contributed by atoms with E-state index in [4.69, 9.17) is 4.74 Å². The maximum Gasteiger partial charge on any atom is 0.410 e. The van der Waals surface area contributed by atoms with Gasteiger partial charge in [-0.3, -0.25) is 4.99 Å². The maximum absolute atomic E-state index is 12.0. The Kier molecular flexibility index (Phi) is 5.03. The van der Waals surface area contributed by atoms with Gasteiger partial charge in [0.1, 0.15) is 5.60 Å². The minimum atomic E-state index is -0.454. The minimum absolute atomic E-state index is 0.167. The molecule has 0 radical (unpaired) electrons. The van der Waals surface area contributed by atoms with Crippen LogP contribution < -0.4 is 5.32 Å². The van der Waals surface area contributed by atoms with Gasteiger partial charge in [0.25, 0.3) is 0 Å². The van der Waals surface area contributed by atoms with E-state index in [-0.39, 0.29) is 12.1 Å². The number of rotatable bonds is 1. The van der Waals surface area contributed by atoms with Crippen molar-refractivity contribution in [2.24, 2.45) is 4.99 Å². The Morgan fingerprint density at radius 1 is 1.47 bits per heavy atom. The largest absolute Gasteiger partial charge is 0.444 e. The first-order valence-corrected chi connectivity index (χ1v) is 6.63. The molecule has 0 aliphatic carbocycles. The third-order valence-electron chi connectivity index (χ3n) is 3.13. The normalized spacial score (nSPS) is 20.4. The molecule has 0 aromatic rings. The molecule has 6 nitrogen and oxygen atoms in total. The molecule has 1 aliphatic heterocycles. The molecule has 1 aliphatic rings. The molecule has 1 fully saturated rings. The minimum Gasteiger partial charge on any atom is -0.444 e. The quantitative estimate of drug-likeness (QED) is 0.573. The lowest BCUT2D eigenvalue weighted by Crippen LogP contribution is -2.44. The lowest BCUT2D eigenvalue weighted by molar-refractivity contribution is 0.0232. The van der Waals surface area contributed by atoms with Gasteiger partial charge < -0.3 is 19.9 Å². The molecular formula is C13H26N4O2. The Balaban J connectivity index is 2.57. The lowest BCUT2D eigenvalue weighted by atomic mass is 10.2. The van der Waals surface area contributed by atoms with Crippen LogP contribution in [0, 0.1) is 0 Å². The van der Waals surface area contributed by atoms with Gasteiger partial charge in [-0.1, -0.05) is 0 Å². The first-order valence-electron chi connectivity index (χ1n) is 6.63. The third-order valence-corrected chi connectivity index (χ3v) is 3.13. The summed E-state index contributed by atoms with van der Waals surface area (Å²) < 4.78 is 5.38. The number of hydrogen-bond donors (Lipinski definition) is 1. The lowest BCUT2D eigenvalue weighted by Gasteiger charge is -2.28. The zero-order valence-electron chi connectivity index (χ0n) is 12.9. The van der Waals surface area contributed by atoms with E-state index < -0.39 is 5.60 Å². The van der Waals surface area contributed by atoms with Crippen LogP contribution in [0.25, 0.3) is 0 Å². The number of nitrogens with one attached hydrogen (secondary N) is 1. The van der Waals surface area contributed by atoms with Crippen molar-refractivity contribution in [3.63, 3.8) is 0 Å². The van der Waals surface area contributed by atoms with Gasteiger partial charge in [-0.05, 0) is 27.2 Å². The number of ether oxygens (including phenoxy) is 1. The average molecular weight is 270 g/mol. The van der Waals surface area contributed by atoms with Crippen LogP contribution in [-0.2, 0) is 4.74 Å². The molecule has 0 unspecified atom stereocenters. The van der Waals surface area contributed by atoms with Crippen molar-refractivity contribution in [2.45, 2.75) is 38.8 Å². The van der Waals surface area contributed by atoms with Gasteiger partial charge in [0, 0.05) is 34.2 Å². The first kappa shape index (κ1) is 15.6. The van der Waals surface area contributed by atoms with Crippen molar-refractivity contribution >= 4 is 12.1 Å². The maximum atomic E-state index is 12.0. The number of aliphatic imine (C=N–C) groups is 1. The molecule has 1 atom stereocenters. The highest BCUT2D eigenvalue weighted by atomic mass is 16.6. The van der Waals surface area contributed by atoms with Crippen molar-refractivity contribution < 1.29 is 9.53 Å².